The van der Waals surface area contributed by atoms with Crippen LogP contribution in [0.15, 0.2) is 0 Å². The van der Waals surface area contributed by atoms with Crippen molar-refractivity contribution < 1.29 is 19.1 Å². The molecule has 0 bridgehead atoms. The third kappa shape index (κ3) is 16.6. The monoisotopic (exact) mass is 414 g/mol. The van der Waals surface area contributed by atoms with Crippen LogP contribution in [0.4, 0.5) is 9.59 Å². The van der Waals surface area contributed by atoms with Crippen molar-refractivity contribution in [2.24, 2.45) is 0 Å². The number of urea groups is 2. The van der Waals surface area contributed by atoms with Gasteiger partial charge in [0.25, 0.3) is 0 Å². The lowest BCUT2D eigenvalue weighted by Crippen LogP contribution is -2.46. The SMILES string of the molecule is CCCCCCNC(=O)NCCCC[C@H](NC(=O)NCCCCCC)C(=O)OC. The van der Waals surface area contributed by atoms with E-state index in [1.807, 2.05) is 0 Å². The third-order valence-electron chi connectivity index (χ3n) is 4.63. The highest BCUT2D eigenvalue weighted by molar-refractivity contribution is 5.83. The Hall–Kier alpha value is -1.99. The molecule has 0 aliphatic carbocycles. The summed E-state index contributed by atoms with van der Waals surface area (Å²) >= 11 is 0. The molecule has 29 heavy (non-hydrogen) atoms. The van der Waals surface area contributed by atoms with E-state index in [0.29, 0.717) is 32.5 Å². The first-order valence-electron chi connectivity index (χ1n) is 11.2. The maximum Gasteiger partial charge on any atom is 0.328 e. The van der Waals surface area contributed by atoms with Gasteiger partial charge in [0.15, 0.2) is 0 Å². The molecule has 0 spiro atoms. The van der Waals surface area contributed by atoms with Gasteiger partial charge in [0.05, 0.1) is 7.11 Å². The minimum absolute atomic E-state index is 0.161. The molecule has 0 aromatic carbocycles. The van der Waals surface area contributed by atoms with E-state index in [1.165, 1.54) is 20.0 Å². The summed E-state index contributed by atoms with van der Waals surface area (Å²) in [5, 5.41) is 11.1. The van der Waals surface area contributed by atoms with Crippen molar-refractivity contribution in [3.63, 3.8) is 0 Å². The van der Waals surface area contributed by atoms with Crippen LogP contribution in [0.3, 0.4) is 0 Å². The minimum Gasteiger partial charge on any atom is -0.467 e. The molecule has 0 unspecified atom stereocenters. The van der Waals surface area contributed by atoms with Gasteiger partial charge >= 0.3 is 18.0 Å². The number of rotatable bonds is 17. The standard InChI is InChI=1S/C21H42N4O4/c1-4-6-8-11-15-22-20(27)23-17-13-10-14-18(19(26)29-3)25-21(28)24-16-12-9-7-5-2/h18H,4-17H2,1-3H3,(H2,22,23,27)(H2,24,25,28)/t18-/m0/s1. The van der Waals surface area contributed by atoms with Gasteiger partial charge in [-0.2, -0.15) is 0 Å². The molecule has 0 fully saturated rings. The summed E-state index contributed by atoms with van der Waals surface area (Å²) in [6, 6.07) is -1.19. The van der Waals surface area contributed by atoms with E-state index >= 15 is 0 Å². The summed E-state index contributed by atoms with van der Waals surface area (Å²) in [7, 11) is 1.31. The highest BCUT2D eigenvalue weighted by Gasteiger charge is 2.20. The van der Waals surface area contributed by atoms with Crippen LogP contribution in [0.25, 0.3) is 0 Å². The normalized spacial score (nSPS) is 11.4. The van der Waals surface area contributed by atoms with Crippen molar-refractivity contribution in [1.82, 2.24) is 21.3 Å². The number of unbranched alkanes of at least 4 members (excludes halogenated alkanes) is 7. The summed E-state index contributed by atoms with van der Waals surface area (Å²) in [6.45, 7) is 6.10. The van der Waals surface area contributed by atoms with E-state index in [-0.39, 0.29) is 12.1 Å². The minimum atomic E-state index is -0.678. The molecular formula is C21H42N4O4. The Morgan fingerprint density at radius 2 is 1.17 bits per heavy atom. The molecular weight excluding hydrogens is 372 g/mol. The van der Waals surface area contributed by atoms with E-state index in [4.69, 9.17) is 4.74 Å². The average Bonchev–Trinajstić information content (AvgIpc) is 2.71. The van der Waals surface area contributed by atoms with Crippen molar-refractivity contribution in [3.8, 4) is 0 Å². The number of ether oxygens (including phenoxy) is 1. The zero-order chi connectivity index (χ0) is 21.7. The molecule has 0 aromatic heterocycles. The maximum absolute atomic E-state index is 12.0. The lowest BCUT2D eigenvalue weighted by Gasteiger charge is -2.17. The highest BCUT2D eigenvalue weighted by Crippen LogP contribution is 2.03. The fourth-order valence-electron chi connectivity index (χ4n) is 2.85. The van der Waals surface area contributed by atoms with E-state index in [1.54, 1.807) is 0 Å². The first-order valence-corrected chi connectivity index (χ1v) is 11.2. The van der Waals surface area contributed by atoms with Crippen molar-refractivity contribution >= 4 is 18.0 Å². The van der Waals surface area contributed by atoms with Crippen LogP contribution in [0.1, 0.15) is 84.5 Å². The fraction of sp³-hybridized carbons (Fsp3) is 0.857. The number of hydrogen-bond acceptors (Lipinski definition) is 4. The first-order chi connectivity index (χ1) is 14.0. The predicted octanol–water partition coefficient (Wildman–Crippen LogP) is 3.46. The molecule has 0 aromatic rings. The van der Waals surface area contributed by atoms with Crippen molar-refractivity contribution in [2.45, 2.75) is 90.5 Å². The van der Waals surface area contributed by atoms with Crippen molar-refractivity contribution in [2.75, 3.05) is 26.7 Å². The Morgan fingerprint density at radius 3 is 1.66 bits per heavy atom. The molecule has 0 rings (SSSR count). The fourth-order valence-corrected chi connectivity index (χ4v) is 2.85. The van der Waals surface area contributed by atoms with Crippen LogP contribution in [0, 0.1) is 0 Å². The lowest BCUT2D eigenvalue weighted by molar-refractivity contribution is -0.143. The molecule has 4 N–H and O–H groups in total. The van der Waals surface area contributed by atoms with Crippen molar-refractivity contribution in [3.05, 3.63) is 0 Å². The molecule has 4 amide bonds. The van der Waals surface area contributed by atoms with Crippen LogP contribution >= 0.6 is 0 Å². The van der Waals surface area contributed by atoms with Gasteiger partial charge in [0.1, 0.15) is 6.04 Å². The van der Waals surface area contributed by atoms with Crippen LogP contribution < -0.4 is 21.3 Å². The second kappa shape index (κ2) is 19.3. The molecule has 0 aliphatic heterocycles. The van der Waals surface area contributed by atoms with Gasteiger partial charge in [-0.05, 0) is 32.1 Å². The predicted molar refractivity (Wildman–Crippen MR) is 116 cm³/mol. The molecule has 0 saturated heterocycles. The van der Waals surface area contributed by atoms with Gasteiger partial charge in [0, 0.05) is 19.6 Å². The second-order valence-corrected chi connectivity index (χ2v) is 7.28. The van der Waals surface area contributed by atoms with Gasteiger partial charge in [-0.1, -0.05) is 52.4 Å². The van der Waals surface area contributed by atoms with Crippen LogP contribution in [0.5, 0.6) is 0 Å². The highest BCUT2D eigenvalue weighted by atomic mass is 16.5. The molecule has 0 radical (unpaired) electrons. The van der Waals surface area contributed by atoms with E-state index in [9.17, 15) is 14.4 Å². The van der Waals surface area contributed by atoms with Gasteiger partial charge in [-0.15, -0.1) is 0 Å². The smallest absolute Gasteiger partial charge is 0.328 e. The molecule has 8 nitrogen and oxygen atoms in total. The number of esters is 1. The van der Waals surface area contributed by atoms with Crippen LogP contribution in [0.2, 0.25) is 0 Å². The van der Waals surface area contributed by atoms with Crippen LogP contribution in [-0.4, -0.2) is 50.8 Å². The van der Waals surface area contributed by atoms with E-state index in [0.717, 1.165) is 44.9 Å². The van der Waals surface area contributed by atoms with Gasteiger partial charge in [-0.3, -0.25) is 0 Å². The van der Waals surface area contributed by atoms with E-state index < -0.39 is 12.0 Å². The van der Waals surface area contributed by atoms with E-state index in [2.05, 4.69) is 35.1 Å². The maximum atomic E-state index is 12.0. The largest absolute Gasteiger partial charge is 0.467 e. The Morgan fingerprint density at radius 1 is 0.690 bits per heavy atom. The Kier molecular flexibility index (Phi) is 18.0. The number of methoxy groups -OCH3 is 1. The molecule has 8 heteroatoms. The lowest BCUT2D eigenvalue weighted by atomic mass is 10.1. The second-order valence-electron chi connectivity index (χ2n) is 7.28. The Labute approximate surface area is 176 Å². The summed E-state index contributed by atoms with van der Waals surface area (Å²) in [5.74, 6) is -0.455. The summed E-state index contributed by atoms with van der Waals surface area (Å²) in [4.78, 5) is 35.5. The quantitative estimate of drug-likeness (QED) is 0.216. The molecule has 1 atom stereocenters. The zero-order valence-corrected chi connectivity index (χ0v) is 18.6. The summed E-state index contributed by atoms with van der Waals surface area (Å²) < 4.78 is 4.78. The zero-order valence-electron chi connectivity index (χ0n) is 18.6. The Balaban J connectivity index is 3.93. The molecule has 0 aliphatic rings. The van der Waals surface area contributed by atoms with Gasteiger partial charge in [0.2, 0.25) is 0 Å². The topological polar surface area (TPSA) is 109 Å². The average molecular weight is 415 g/mol. The number of nitrogens with one attached hydrogen (secondary N) is 4. The summed E-state index contributed by atoms with van der Waals surface area (Å²) in [6.07, 6.45) is 10.7. The molecule has 0 saturated carbocycles. The third-order valence-corrected chi connectivity index (χ3v) is 4.63. The number of hydrogen-bond donors (Lipinski definition) is 4. The van der Waals surface area contributed by atoms with Crippen LogP contribution in [-0.2, 0) is 9.53 Å². The number of amides is 4. The van der Waals surface area contributed by atoms with Gasteiger partial charge < -0.3 is 26.0 Å². The first kappa shape index (κ1) is 27.0. The van der Waals surface area contributed by atoms with Gasteiger partial charge in [-0.25, -0.2) is 14.4 Å². The van der Waals surface area contributed by atoms with Crippen molar-refractivity contribution in [1.29, 1.82) is 0 Å². The number of carbonyl (C=O) groups is 3. The number of carbonyl (C=O) groups excluding carboxylic acids is 3. The molecule has 0 heterocycles. The molecule has 170 valence electrons. The Bertz CT molecular complexity index is 446. The summed E-state index contributed by atoms with van der Waals surface area (Å²) in [5.41, 5.74) is 0.